The van der Waals surface area contributed by atoms with Gasteiger partial charge in [0.2, 0.25) is 0 Å². The maximum Gasteiger partial charge on any atom is 0.417 e. The van der Waals surface area contributed by atoms with Crippen molar-refractivity contribution in [3.63, 3.8) is 0 Å². The number of fused-ring (bicyclic) bond motifs is 1. The predicted molar refractivity (Wildman–Crippen MR) is 85.2 cm³/mol. The fourth-order valence-corrected chi connectivity index (χ4v) is 2.94. The highest BCUT2D eigenvalue weighted by Crippen LogP contribution is 2.29. The molecule has 3 rings (SSSR count). The Morgan fingerprint density at radius 1 is 1.23 bits per heavy atom. The second-order valence-corrected chi connectivity index (χ2v) is 6.70. The summed E-state index contributed by atoms with van der Waals surface area (Å²) in [5.74, 6) is 0.534. The van der Waals surface area contributed by atoms with Gasteiger partial charge in [-0.15, -0.1) is 0 Å². The number of alkyl halides is 3. The highest BCUT2D eigenvalue weighted by Gasteiger charge is 2.31. The Kier molecular flexibility index (Phi) is 4.48. The molecular formula is C15H12F3N3O4S. The zero-order valence-electron chi connectivity index (χ0n) is 13.2. The van der Waals surface area contributed by atoms with E-state index in [1.165, 1.54) is 0 Å². The average Bonchev–Trinajstić information content (AvgIpc) is 2.95. The predicted octanol–water partition coefficient (Wildman–Crippen LogP) is 3.44. The first-order valence-corrected chi connectivity index (χ1v) is 8.77. The molecule has 7 nitrogen and oxygen atoms in total. The lowest BCUT2D eigenvalue weighted by Crippen LogP contribution is -2.15. The molecule has 0 aliphatic heterocycles. The molecule has 0 saturated heterocycles. The molecule has 1 aromatic carbocycles. The summed E-state index contributed by atoms with van der Waals surface area (Å²) in [6.07, 6.45) is -4.17. The first-order chi connectivity index (χ1) is 12.2. The van der Waals surface area contributed by atoms with Gasteiger partial charge in [0.25, 0.3) is 10.0 Å². The van der Waals surface area contributed by atoms with Gasteiger partial charge in [0, 0.05) is 12.3 Å². The molecule has 1 N–H and O–H groups in total. The fraction of sp³-hybridized carbons (Fsp3) is 0.200. The van der Waals surface area contributed by atoms with E-state index >= 15 is 0 Å². The maximum absolute atomic E-state index is 12.5. The van der Waals surface area contributed by atoms with Crippen LogP contribution in [0.5, 0.6) is 5.75 Å². The van der Waals surface area contributed by atoms with Crippen molar-refractivity contribution in [3.05, 3.63) is 42.1 Å². The van der Waals surface area contributed by atoms with Crippen molar-refractivity contribution in [3.8, 4) is 5.75 Å². The van der Waals surface area contributed by atoms with Gasteiger partial charge in [-0.25, -0.2) is 9.71 Å². The third-order valence-electron chi connectivity index (χ3n) is 3.23. The largest absolute Gasteiger partial charge is 0.494 e. The highest BCUT2D eigenvalue weighted by atomic mass is 32.2. The summed E-state index contributed by atoms with van der Waals surface area (Å²) in [5.41, 5.74) is -0.387. The van der Waals surface area contributed by atoms with E-state index in [4.69, 9.17) is 9.15 Å². The lowest BCUT2D eigenvalue weighted by Gasteiger charge is -2.07. The van der Waals surface area contributed by atoms with E-state index in [0.29, 0.717) is 35.7 Å². The molecule has 2 aromatic heterocycles. The Morgan fingerprint density at radius 2 is 2.00 bits per heavy atom. The number of pyridine rings is 1. The summed E-state index contributed by atoms with van der Waals surface area (Å²) in [4.78, 5) is 7.32. The lowest BCUT2D eigenvalue weighted by atomic mass is 10.3. The standard InChI is InChI=1S/C15H12F3N3O4S/c1-2-24-10-4-5-12-11(7-10)20-14(25-12)21-26(22,23)13-6-3-9(8-19-13)15(16,17)18/h3-8H,2H2,1H3,(H,20,21). The van der Waals surface area contributed by atoms with Gasteiger partial charge in [0.1, 0.15) is 11.3 Å². The molecule has 0 aliphatic rings. The number of hydrogen-bond acceptors (Lipinski definition) is 6. The van der Waals surface area contributed by atoms with Crippen LogP contribution in [0.1, 0.15) is 12.5 Å². The number of ether oxygens (including phenoxy) is 1. The fourth-order valence-electron chi connectivity index (χ4n) is 2.08. The molecular weight excluding hydrogens is 375 g/mol. The molecule has 0 bridgehead atoms. The molecule has 138 valence electrons. The van der Waals surface area contributed by atoms with Crippen molar-refractivity contribution in [2.75, 3.05) is 11.3 Å². The summed E-state index contributed by atoms with van der Waals surface area (Å²) >= 11 is 0. The molecule has 0 saturated carbocycles. The average molecular weight is 387 g/mol. The van der Waals surface area contributed by atoms with Crippen molar-refractivity contribution in [2.45, 2.75) is 18.1 Å². The lowest BCUT2D eigenvalue weighted by molar-refractivity contribution is -0.137. The maximum atomic E-state index is 12.5. The SMILES string of the molecule is CCOc1ccc2oc(NS(=O)(=O)c3ccc(C(F)(F)F)cn3)nc2c1. The molecule has 0 atom stereocenters. The van der Waals surface area contributed by atoms with Gasteiger partial charge in [-0.3, -0.25) is 0 Å². The Hall–Kier alpha value is -2.82. The quantitative estimate of drug-likeness (QED) is 0.721. The van der Waals surface area contributed by atoms with Gasteiger partial charge in [0.15, 0.2) is 10.6 Å². The minimum Gasteiger partial charge on any atom is -0.494 e. The third-order valence-corrected chi connectivity index (χ3v) is 4.47. The van der Waals surface area contributed by atoms with Gasteiger partial charge < -0.3 is 9.15 Å². The van der Waals surface area contributed by atoms with E-state index in [-0.39, 0.29) is 6.01 Å². The smallest absolute Gasteiger partial charge is 0.417 e. The van der Waals surface area contributed by atoms with Crippen LogP contribution < -0.4 is 9.46 Å². The first-order valence-electron chi connectivity index (χ1n) is 7.28. The molecule has 0 unspecified atom stereocenters. The Labute approximate surface area is 145 Å². The normalized spacial score (nSPS) is 12.3. The van der Waals surface area contributed by atoms with E-state index in [1.54, 1.807) is 18.2 Å². The van der Waals surface area contributed by atoms with E-state index in [1.807, 2.05) is 11.6 Å². The summed E-state index contributed by atoms with van der Waals surface area (Å²) in [7, 11) is -4.26. The van der Waals surface area contributed by atoms with Crippen LogP contribution in [-0.4, -0.2) is 25.0 Å². The van der Waals surface area contributed by atoms with Crippen LogP contribution in [0.4, 0.5) is 19.2 Å². The van der Waals surface area contributed by atoms with Crippen LogP contribution in [0.3, 0.4) is 0 Å². The Morgan fingerprint density at radius 3 is 2.62 bits per heavy atom. The minimum absolute atomic E-state index is 0.312. The first kappa shape index (κ1) is 18.0. The summed E-state index contributed by atoms with van der Waals surface area (Å²) in [5, 5.41) is -0.595. The molecule has 3 aromatic rings. The second-order valence-electron chi connectivity index (χ2n) is 5.07. The highest BCUT2D eigenvalue weighted by molar-refractivity contribution is 7.92. The van der Waals surface area contributed by atoms with E-state index < -0.39 is 26.8 Å². The number of hydrogen-bond donors (Lipinski definition) is 1. The molecule has 0 amide bonds. The van der Waals surface area contributed by atoms with Crippen molar-refractivity contribution < 1.29 is 30.7 Å². The number of benzene rings is 1. The zero-order chi connectivity index (χ0) is 18.9. The van der Waals surface area contributed by atoms with Gasteiger partial charge in [-0.2, -0.15) is 26.6 Å². The van der Waals surface area contributed by atoms with Gasteiger partial charge in [-0.1, -0.05) is 0 Å². The molecule has 0 fully saturated rings. The summed E-state index contributed by atoms with van der Waals surface area (Å²) in [6, 6.07) is 5.80. The Bertz CT molecular complexity index is 1030. The number of halogens is 3. The van der Waals surface area contributed by atoms with E-state index in [9.17, 15) is 21.6 Å². The number of sulfonamides is 1. The van der Waals surface area contributed by atoms with Crippen molar-refractivity contribution in [1.82, 2.24) is 9.97 Å². The van der Waals surface area contributed by atoms with Crippen LogP contribution in [0, 0.1) is 0 Å². The number of rotatable bonds is 5. The molecule has 2 heterocycles. The molecule has 0 aliphatic carbocycles. The monoisotopic (exact) mass is 387 g/mol. The summed E-state index contributed by atoms with van der Waals surface area (Å²) in [6.45, 7) is 2.26. The van der Waals surface area contributed by atoms with Crippen molar-refractivity contribution in [1.29, 1.82) is 0 Å². The van der Waals surface area contributed by atoms with E-state index in [0.717, 1.165) is 6.07 Å². The van der Waals surface area contributed by atoms with Crippen molar-refractivity contribution in [2.24, 2.45) is 0 Å². The van der Waals surface area contributed by atoms with Crippen LogP contribution in [0.15, 0.2) is 46.0 Å². The van der Waals surface area contributed by atoms with Crippen LogP contribution in [0.25, 0.3) is 11.1 Å². The molecule has 26 heavy (non-hydrogen) atoms. The van der Waals surface area contributed by atoms with Crippen LogP contribution in [-0.2, 0) is 16.2 Å². The minimum atomic E-state index is -4.61. The van der Waals surface area contributed by atoms with E-state index in [2.05, 4.69) is 9.97 Å². The number of aromatic nitrogens is 2. The number of nitrogens with one attached hydrogen (secondary N) is 1. The molecule has 0 spiro atoms. The topological polar surface area (TPSA) is 94.3 Å². The van der Waals surface area contributed by atoms with Crippen molar-refractivity contribution >= 4 is 27.1 Å². The summed E-state index contributed by atoms with van der Waals surface area (Å²) < 4.78 is 74.7. The second kappa shape index (κ2) is 6.48. The molecule has 0 radical (unpaired) electrons. The van der Waals surface area contributed by atoms with Crippen LogP contribution in [0.2, 0.25) is 0 Å². The third kappa shape index (κ3) is 3.72. The molecule has 11 heteroatoms. The van der Waals surface area contributed by atoms with Gasteiger partial charge in [-0.05, 0) is 31.2 Å². The van der Waals surface area contributed by atoms with Gasteiger partial charge in [0.05, 0.1) is 12.2 Å². The zero-order valence-corrected chi connectivity index (χ0v) is 14.1. The van der Waals surface area contributed by atoms with Crippen LogP contribution >= 0.6 is 0 Å². The Balaban J connectivity index is 1.86. The number of nitrogens with zero attached hydrogens (tertiary/aromatic N) is 2. The number of oxazole rings is 1. The number of anilines is 1. The van der Waals surface area contributed by atoms with Gasteiger partial charge >= 0.3 is 12.2 Å².